The van der Waals surface area contributed by atoms with E-state index in [1.54, 1.807) is 12.1 Å². The molecule has 0 unspecified atom stereocenters. The molecule has 3 heterocycles. The molecule has 0 spiro atoms. The number of anilines is 1. The highest BCUT2D eigenvalue weighted by atomic mass is 35.5. The van der Waals surface area contributed by atoms with E-state index < -0.39 is 0 Å². The SMILES string of the molecule is CC.CCC1CC1.COc1cnc(Cl)cc1-c1cc(C)ncc1C(=O)Nc1nnc(C)s1. The molecule has 1 N–H and O–H groups in total. The van der Waals surface area contributed by atoms with Crippen LogP contribution in [0.4, 0.5) is 5.13 Å². The van der Waals surface area contributed by atoms with Crippen LogP contribution in [-0.4, -0.2) is 33.2 Å². The molecule has 4 rings (SSSR count). The summed E-state index contributed by atoms with van der Waals surface area (Å²) in [5.41, 5.74) is 2.44. The van der Waals surface area contributed by atoms with E-state index in [4.69, 9.17) is 16.3 Å². The number of amides is 1. The van der Waals surface area contributed by atoms with Gasteiger partial charge in [-0.05, 0) is 31.9 Å². The molecule has 0 aliphatic heterocycles. The van der Waals surface area contributed by atoms with Crippen LogP contribution >= 0.6 is 22.9 Å². The Bertz CT molecular complexity index is 1040. The van der Waals surface area contributed by atoms with Crippen LogP contribution in [0.15, 0.2) is 24.5 Å². The Kier molecular flexibility index (Phi) is 9.99. The van der Waals surface area contributed by atoms with Crippen LogP contribution in [0.1, 0.15) is 61.1 Å². The fourth-order valence-corrected chi connectivity index (χ4v) is 3.54. The third-order valence-electron chi connectivity index (χ3n) is 4.65. The summed E-state index contributed by atoms with van der Waals surface area (Å²) < 4.78 is 5.36. The smallest absolute Gasteiger partial charge is 0.259 e. The number of methoxy groups -OCH3 is 1. The number of aryl methyl sites for hydroxylation is 2. The van der Waals surface area contributed by atoms with E-state index in [0.717, 1.165) is 16.6 Å². The molecule has 1 amide bonds. The van der Waals surface area contributed by atoms with Crippen LogP contribution in [0, 0.1) is 19.8 Å². The Hall–Kier alpha value is -2.58. The van der Waals surface area contributed by atoms with Gasteiger partial charge in [-0.1, -0.05) is 63.0 Å². The van der Waals surface area contributed by atoms with Gasteiger partial charge in [-0.25, -0.2) is 4.98 Å². The summed E-state index contributed by atoms with van der Waals surface area (Å²) >= 11 is 7.32. The number of rotatable bonds is 5. The van der Waals surface area contributed by atoms with Gasteiger partial charge < -0.3 is 4.74 Å². The van der Waals surface area contributed by atoms with Crippen molar-refractivity contribution in [3.63, 3.8) is 0 Å². The number of aromatic nitrogens is 4. The first-order chi connectivity index (χ1) is 15.4. The molecule has 0 saturated heterocycles. The first kappa shape index (κ1) is 25.7. The summed E-state index contributed by atoms with van der Waals surface area (Å²) in [6, 6.07) is 3.45. The van der Waals surface area contributed by atoms with Crippen LogP contribution in [0.2, 0.25) is 5.15 Å². The third-order valence-corrected chi connectivity index (χ3v) is 5.61. The van der Waals surface area contributed by atoms with Gasteiger partial charge in [-0.3, -0.25) is 15.1 Å². The molecule has 32 heavy (non-hydrogen) atoms. The minimum Gasteiger partial charge on any atom is -0.494 e. The lowest BCUT2D eigenvalue weighted by molar-refractivity contribution is 0.102. The van der Waals surface area contributed by atoms with Crippen molar-refractivity contribution in [2.75, 3.05) is 12.4 Å². The maximum absolute atomic E-state index is 12.7. The van der Waals surface area contributed by atoms with Crippen molar-refractivity contribution in [2.45, 2.75) is 53.9 Å². The van der Waals surface area contributed by atoms with Gasteiger partial charge in [0.2, 0.25) is 5.13 Å². The Morgan fingerprint density at radius 3 is 2.41 bits per heavy atom. The molecular formula is C23H30ClN5O2S. The third kappa shape index (κ3) is 7.24. The Balaban J connectivity index is 0.000000448. The van der Waals surface area contributed by atoms with E-state index >= 15 is 0 Å². The number of halogens is 1. The van der Waals surface area contributed by atoms with Gasteiger partial charge in [0.25, 0.3) is 5.91 Å². The van der Waals surface area contributed by atoms with Crippen molar-refractivity contribution in [3.8, 4) is 16.9 Å². The summed E-state index contributed by atoms with van der Waals surface area (Å²) in [4.78, 5) is 21.0. The van der Waals surface area contributed by atoms with Gasteiger partial charge >= 0.3 is 0 Å². The quantitative estimate of drug-likeness (QED) is 0.432. The van der Waals surface area contributed by atoms with Gasteiger partial charge in [0, 0.05) is 23.0 Å². The van der Waals surface area contributed by atoms with Crippen molar-refractivity contribution < 1.29 is 9.53 Å². The molecule has 1 saturated carbocycles. The Morgan fingerprint density at radius 2 is 1.88 bits per heavy atom. The van der Waals surface area contributed by atoms with Crippen molar-refractivity contribution >= 4 is 34.0 Å². The number of hydrogen-bond acceptors (Lipinski definition) is 7. The minimum absolute atomic E-state index is 0.302. The molecule has 9 heteroatoms. The number of ether oxygens (including phenoxy) is 1. The zero-order chi connectivity index (χ0) is 23.7. The topological polar surface area (TPSA) is 89.9 Å². The Morgan fingerprint density at radius 1 is 1.16 bits per heavy atom. The van der Waals surface area contributed by atoms with Crippen LogP contribution in [0.3, 0.4) is 0 Å². The average molecular weight is 476 g/mol. The Labute approximate surface area is 198 Å². The van der Waals surface area contributed by atoms with E-state index in [9.17, 15) is 4.79 Å². The molecule has 172 valence electrons. The lowest BCUT2D eigenvalue weighted by atomic mass is 10.0. The largest absolute Gasteiger partial charge is 0.494 e. The fraction of sp³-hybridized carbons (Fsp3) is 0.435. The minimum atomic E-state index is -0.339. The number of nitrogens with zero attached hydrogens (tertiary/aromatic N) is 4. The lowest BCUT2D eigenvalue weighted by Crippen LogP contribution is -2.14. The van der Waals surface area contributed by atoms with Gasteiger partial charge in [-0.15, -0.1) is 10.2 Å². The second-order valence-electron chi connectivity index (χ2n) is 7.01. The van der Waals surface area contributed by atoms with Crippen molar-refractivity contribution in [1.82, 2.24) is 20.2 Å². The maximum atomic E-state index is 12.7. The number of carbonyl (C=O) groups excluding carboxylic acids is 1. The molecule has 0 aromatic carbocycles. The highest BCUT2D eigenvalue weighted by Crippen LogP contribution is 2.34. The normalized spacial score (nSPS) is 12.1. The van der Waals surface area contributed by atoms with E-state index in [0.29, 0.717) is 32.7 Å². The molecule has 1 aliphatic carbocycles. The summed E-state index contributed by atoms with van der Waals surface area (Å²) in [6.07, 6.45) is 7.47. The van der Waals surface area contributed by atoms with E-state index in [1.165, 1.54) is 50.1 Å². The van der Waals surface area contributed by atoms with Crippen LogP contribution in [0.25, 0.3) is 11.1 Å². The first-order valence-corrected chi connectivity index (χ1v) is 11.9. The predicted molar refractivity (Wildman–Crippen MR) is 131 cm³/mol. The molecule has 1 aliphatic rings. The molecule has 0 atom stereocenters. The number of pyridine rings is 2. The fourth-order valence-electron chi connectivity index (χ4n) is 2.79. The summed E-state index contributed by atoms with van der Waals surface area (Å²) in [7, 11) is 1.53. The second kappa shape index (κ2) is 12.5. The maximum Gasteiger partial charge on any atom is 0.259 e. The van der Waals surface area contributed by atoms with Crippen LogP contribution in [-0.2, 0) is 0 Å². The zero-order valence-electron chi connectivity index (χ0n) is 19.4. The van der Waals surface area contributed by atoms with Gasteiger partial charge in [-0.2, -0.15) is 0 Å². The van der Waals surface area contributed by atoms with E-state index in [2.05, 4.69) is 32.4 Å². The van der Waals surface area contributed by atoms with Crippen molar-refractivity contribution in [1.29, 1.82) is 0 Å². The zero-order valence-corrected chi connectivity index (χ0v) is 21.0. The summed E-state index contributed by atoms with van der Waals surface area (Å²) in [6.45, 7) is 9.92. The molecule has 3 aromatic heterocycles. The van der Waals surface area contributed by atoms with Gasteiger partial charge in [0.15, 0.2) is 0 Å². The molecule has 3 aromatic rings. The highest BCUT2D eigenvalue weighted by Gasteiger charge is 2.19. The number of nitrogens with one attached hydrogen (secondary N) is 1. The highest BCUT2D eigenvalue weighted by molar-refractivity contribution is 7.15. The first-order valence-electron chi connectivity index (χ1n) is 10.7. The molecule has 0 radical (unpaired) electrons. The van der Waals surface area contributed by atoms with Gasteiger partial charge in [0.05, 0.1) is 18.9 Å². The molecule has 1 fully saturated rings. The number of hydrogen-bond donors (Lipinski definition) is 1. The van der Waals surface area contributed by atoms with E-state index in [-0.39, 0.29) is 5.91 Å². The molecular weight excluding hydrogens is 446 g/mol. The number of carbonyl (C=O) groups is 1. The lowest BCUT2D eigenvalue weighted by Gasteiger charge is -2.13. The van der Waals surface area contributed by atoms with E-state index in [1.807, 2.05) is 27.7 Å². The predicted octanol–water partition coefficient (Wildman–Crippen LogP) is 6.36. The molecule has 7 nitrogen and oxygen atoms in total. The van der Waals surface area contributed by atoms with Gasteiger partial charge in [0.1, 0.15) is 15.9 Å². The van der Waals surface area contributed by atoms with Crippen LogP contribution in [0.5, 0.6) is 5.75 Å². The van der Waals surface area contributed by atoms with Crippen molar-refractivity contribution in [3.05, 3.63) is 45.9 Å². The van der Waals surface area contributed by atoms with Crippen molar-refractivity contribution in [2.24, 2.45) is 5.92 Å². The summed E-state index contributed by atoms with van der Waals surface area (Å²) in [5, 5.41) is 12.0. The average Bonchev–Trinajstić information content (AvgIpc) is 3.56. The molecule has 0 bridgehead atoms. The summed E-state index contributed by atoms with van der Waals surface area (Å²) in [5.74, 6) is 1.31. The monoisotopic (exact) mass is 475 g/mol. The second-order valence-corrected chi connectivity index (χ2v) is 8.58. The van der Waals surface area contributed by atoms with Crippen LogP contribution < -0.4 is 10.1 Å². The standard InChI is InChI=1S/C16H14ClN5O2S.C5H10.C2H6/c1-8-4-10(11-5-14(17)19-7-13(11)24-3)12(6-18-8)15(23)20-16-22-21-9(2)25-16;1-2-5-3-4-5;1-2/h4-7H,1-3H3,(H,20,22,23);5H,2-4H2,1H3;1-2H3.